The van der Waals surface area contributed by atoms with Gasteiger partial charge in [0, 0.05) is 20.5 Å². The fourth-order valence-corrected chi connectivity index (χ4v) is 3.01. The Hall–Kier alpha value is -3.23. The summed E-state index contributed by atoms with van der Waals surface area (Å²) < 4.78 is 0. The van der Waals surface area contributed by atoms with Gasteiger partial charge in [-0.2, -0.15) is 0 Å². The summed E-state index contributed by atoms with van der Waals surface area (Å²) in [6.07, 6.45) is 3.80. The quantitative estimate of drug-likeness (QED) is 0.201. The van der Waals surface area contributed by atoms with Gasteiger partial charge in [0.15, 0.2) is 0 Å². The number of hydrogen-bond donors (Lipinski definition) is 5. The van der Waals surface area contributed by atoms with Crippen molar-refractivity contribution in [3.63, 3.8) is 0 Å². The first-order valence-electron chi connectivity index (χ1n) is 11.2. The molecule has 0 aliphatic heterocycles. The number of aryl methyl sites for hydroxylation is 2. The zero-order chi connectivity index (χ0) is 25.5. The molecule has 0 aliphatic carbocycles. The zero-order valence-corrected chi connectivity index (χ0v) is 23.0. The van der Waals surface area contributed by atoms with Crippen molar-refractivity contribution in [1.82, 2.24) is 0 Å². The van der Waals surface area contributed by atoms with Crippen molar-refractivity contribution >= 4 is 14.7 Å². The average Bonchev–Trinajstić information content (AvgIpc) is 2.88. The maximum Gasteiger partial charge on any atom is 1.00 e. The Morgan fingerprint density at radius 3 is 1.16 bits per heavy atom. The van der Waals surface area contributed by atoms with Crippen LogP contribution in [0, 0.1) is 0 Å². The average molecular weight is 508 g/mol. The van der Waals surface area contributed by atoms with Gasteiger partial charge in [0.05, 0.1) is 0 Å². The van der Waals surface area contributed by atoms with Crippen LogP contribution in [0.5, 0.6) is 23.0 Å². The van der Waals surface area contributed by atoms with Crippen molar-refractivity contribution < 1.29 is 56.2 Å². The number of aldehydes is 1. The molecule has 0 saturated carbocycles. The zero-order valence-electron chi connectivity index (χ0n) is 22.0. The number of phenolic OH excluding ortho intramolecular Hbond substituents is 4. The van der Waals surface area contributed by atoms with Crippen LogP contribution < -0.4 is 35.3 Å². The molecule has 6 nitrogen and oxygen atoms in total. The molecule has 0 unspecified atom stereocenters. The van der Waals surface area contributed by atoms with Crippen molar-refractivity contribution in [1.29, 1.82) is 0 Å². The van der Waals surface area contributed by atoms with Gasteiger partial charge in [-0.15, -0.1) is 0 Å². The first kappa shape index (κ1) is 33.8. The smallest absolute Gasteiger partial charge is 1.00 e. The minimum atomic E-state index is 0. The van der Waals surface area contributed by atoms with E-state index >= 15 is 0 Å². The first-order chi connectivity index (χ1) is 16.9. The molecule has 0 heterocycles. The van der Waals surface area contributed by atoms with Crippen LogP contribution in [0.3, 0.4) is 0 Å². The van der Waals surface area contributed by atoms with Gasteiger partial charge in [0.2, 0.25) is 0 Å². The maximum atomic E-state index is 10.0. The van der Waals surface area contributed by atoms with Crippen LogP contribution in [0.4, 0.5) is 0 Å². The fraction of sp³-hybridized carbons (Fsp3) is 0.138. The third-order valence-electron chi connectivity index (χ3n) is 5.00. The molecule has 0 saturated heterocycles. The van der Waals surface area contributed by atoms with Gasteiger partial charge in [0.1, 0.15) is 29.3 Å². The number of carbonyl (C=O) groups is 1. The molecule has 37 heavy (non-hydrogen) atoms. The van der Waals surface area contributed by atoms with Crippen LogP contribution >= 0.6 is 0 Å². The summed E-state index contributed by atoms with van der Waals surface area (Å²) in [6.45, 7) is 0.528. The second kappa shape index (κ2) is 19.0. The van der Waals surface area contributed by atoms with Crippen molar-refractivity contribution in [2.24, 2.45) is 5.73 Å². The first-order valence-corrected chi connectivity index (χ1v) is 11.2. The van der Waals surface area contributed by atoms with Crippen LogP contribution in [-0.2, 0) is 19.4 Å². The summed E-state index contributed by atoms with van der Waals surface area (Å²) in [5.74, 6) is 1.09. The monoisotopic (exact) mass is 508 g/mol. The van der Waals surface area contributed by atoms with E-state index in [1.54, 1.807) is 60.7 Å². The van der Waals surface area contributed by atoms with Gasteiger partial charge in [-0.05, 0) is 96.6 Å². The van der Waals surface area contributed by atoms with Gasteiger partial charge in [-0.3, -0.25) is 4.79 Å². The van der Waals surface area contributed by atoms with Crippen molar-refractivity contribution in [2.75, 3.05) is 0 Å². The second-order valence-corrected chi connectivity index (χ2v) is 7.77. The van der Waals surface area contributed by atoms with Gasteiger partial charge >= 0.3 is 29.6 Å². The summed E-state index contributed by atoms with van der Waals surface area (Å²) in [5, 5.41) is 35.9. The van der Waals surface area contributed by atoms with Crippen LogP contribution in [0.15, 0.2) is 97.1 Å². The number of rotatable bonds is 6. The Morgan fingerprint density at radius 2 is 0.865 bits per heavy atom. The fourth-order valence-electron chi connectivity index (χ4n) is 3.01. The third-order valence-corrected chi connectivity index (χ3v) is 5.00. The molecule has 0 fully saturated rings. The van der Waals surface area contributed by atoms with E-state index in [1.165, 1.54) is 23.3 Å². The van der Waals surface area contributed by atoms with Crippen molar-refractivity contribution in [3.8, 4) is 23.0 Å². The molecule has 8 heteroatoms. The summed E-state index contributed by atoms with van der Waals surface area (Å²) in [6, 6.07) is 27.6. The van der Waals surface area contributed by atoms with E-state index in [-0.39, 0.29) is 50.9 Å². The van der Waals surface area contributed by atoms with Crippen molar-refractivity contribution in [2.45, 2.75) is 25.8 Å². The Morgan fingerprint density at radius 1 is 0.568 bits per heavy atom. The Bertz CT molecular complexity index is 1100. The van der Waals surface area contributed by atoms with Gasteiger partial charge < -0.3 is 27.6 Å². The minimum absolute atomic E-state index is 0. The summed E-state index contributed by atoms with van der Waals surface area (Å²) >= 11 is 0. The summed E-state index contributed by atoms with van der Waals surface area (Å²) in [7, 11) is 0. The number of phenols is 4. The standard InChI is InChI=1S/C15H16O2.C7H9NO.C7H6O2.B.Na.H/c16-14-8-4-12(5-9-14)2-1-3-13-6-10-15(17)11-7-13;2*8-5-6-1-3-7(9)4-2-6;;;/h4-11,16-17H,1-3H2;1-4,9H,5,8H2;1-5,9H;;;/q;;;;+1;-1. The molecule has 0 spiro atoms. The van der Waals surface area contributed by atoms with E-state index in [1.807, 2.05) is 24.3 Å². The largest absolute Gasteiger partial charge is 1.00 e. The van der Waals surface area contributed by atoms with Crippen molar-refractivity contribution in [3.05, 3.63) is 119 Å². The topological polar surface area (TPSA) is 124 Å². The Kier molecular flexibility index (Phi) is 17.3. The molecule has 4 rings (SSSR count). The van der Waals surface area contributed by atoms with E-state index in [0.29, 0.717) is 23.6 Å². The molecular weight excluding hydrogens is 476 g/mol. The number of benzene rings is 4. The second-order valence-electron chi connectivity index (χ2n) is 7.77. The van der Waals surface area contributed by atoms with Gasteiger partial charge in [-0.25, -0.2) is 0 Å². The number of nitrogens with two attached hydrogens (primary N) is 1. The van der Waals surface area contributed by atoms with Crippen LogP contribution in [-0.4, -0.2) is 35.1 Å². The Labute approximate surface area is 243 Å². The normalized spacial score (nSPS) is 9.22. The van der Waals surface area contributed by atoms with E-state index in [2.05, 4.69) is 0 Å². The van der Waals surface area contributed by atoms with E-state index in [9.17, 15) is 4.79 Å². The SMILES string of the molecule is NCc1ccc(O)cc1.O=Cc1ccc(O)cc1.Oc1ccc(CCCc2ccc(O)cc2)cc1.[B].[H-].[Na+]. The number of hydrogen-bond acceptors (Lipinski definition) is 6. The maximum absolute atomic E-state index is 10.0. The molecule has 0 atom stereocenters. The van der Waals surface area contributed by atoms with Gasteiger partial charge in [0.25, 0.3) is 0 Å². The molecule has 3 radical (unpaired) electrons. The number of carbonyl (C=O) groups excluding carboxylic acids is 1. The molecule has 0 bridgehead atoms. The molecule has 4 aromatic carbocycles. The van der Waals surface area contributed by atoms with Gasteiger partial charge in [-0.1, -0.05) is 36.4 Å². The summed E-state index contributed by atoms with van der Waals surface area (Å²) in [5.41, 5.74) is 9.41. The van der Waals surface area contributed by atoms with Crippen LogP contribution in [0.1, 0.15) is 34.9 Å². The van der Waals surface area contributed by atoms with E-state index in [0.717, 1.165) is 31.1 Å². The minimum Gasteiger partial charge on any atom is -1.00 e. The number of aromatic hydroxyl groups is 4. The van der Waals surface area contributed by atoms with E-state index < -0.39 is 0 Å². The Balaban J connectivity index is 0. The molecule has 187 valence electrons. The predicted octanol–water partition coefficient (Wildman–Crippen LogP) is 2.06. The van der Waals surface area contributed by atoms with Crippen LogP contribution in [0.25, 0.3) is 0 Å². The molecule has 6 N–H and O–H groups in total. The van der Waals surface area contributed by atoms with E-state index in [4.69, 9.17) is 26.2 Å². The molecule has 4 aromatic rings. The molecular formula is C29H32BNNaO5. The van der Waals surface area contributed by atoms with Crippen LogP contribution in [0.2, 0.25) is 0 Å². The molecule has 0 aromatic heterocycles. The summed E-state index contributed by atoms with van der Waals surface area (Å²) in [4.78, 5) is 10.0. The third kappa shape index (κ3) is 14.2. The predicted molar refractivity (Wildman–Crippen MR) is 145 cm³/mol. The molecule has 0 aliphatic rings. The molecule has 0 amide bonds.